The highest BCUT2D eigenvalue weighted by Gasteiger charge is 2.18. The highest BCUT2D eigenvalue weighted by Crippen LogP contribution is 2.13. The van der Waals surface area contributed by atoms with Gasteiger partial charge < -0.3 is 15.5 Å². The van der Waals surface area contributed by atoms with Crippen molar-refractivity contribution < 1.29 is 0 Å². The fraction of sp³-hybridized carbons (Fsp3) is 1.00. The van der Waals surface area contributed by atoms with Crippen molar-refractivity contribution in [1.82, 2.24) is 15.5 Å². The molecule has 2 N–H and O–H groups in total. The van der Waals surface area contributed by atoms with Gasteiger partial charge in [0.05, 0.1) is 0 Å². The maximum atomic E-state index is 3.73. The molecule has 1 saturated heterocycles. The second-order valence-corrected chi connectivity index (χ2v) is 6.82. The minimum Gasteiger partial charge on any atom is -0.314 e. The Bertz CT molecular complexity index is 212. The smallest absolute Gasteiger partial charge is 0.0237 e. The van der Waals surface area contributed by atoms with E-state index in [1.165, 1.54) is 38.6 Å². The van der Waals surface area contributed by atoms with Gasteiger partial charge in [-0.2, -0.15) is 0 Å². The highest BCUT2D eigenvalue weighted by molar-refractivity contribution is 4.79. The first kappa shape index (κ1) is 16.9. The first-order valence-electron chi connectivity index (χ1n) is 8.14. The Hall–Kier alpha value is -0.120. The molecule has 0 aliphatic carbocycles. The van der Waals surface area contributed by atoms with Crippen LogP contribution in [-0.2, 0) is 0 Å². The zero-order valence-electron chi connectivity index (χ0n) is 13.7. The van der Waals surface area contributed by atoms with Crippen molar-refractivity contribution >= 4 is 0 Å². The van der Waals surface area contributed by atoms with E-state index in [0.29, 0.717) is 18.0 Å². The summed E-state index contributed by atoms with van der Waals surface area (Å²) in [6.45, 7) is 9.26. The summed E-state index contributed by atoms with van der Waals surface area (Å²) in [5.41, 5.74) is 0. The zero-order valence-corrected chi connectivity index (χ0v) is 13.7. The lowest BCUT2D eigenvalue weighted by molar-refractivity contribution is 0.216. The molecule has 0 aromatic heterocycles. The van der Waals surface area contributed by atoms with Crippen LogP contribution in [0.3, 0.4) is 0 Å². The molecule has 3 heteroatoms. The fourth-order valence-corrected chi connectivity index (χ4v) is 3.15. The average molecular weight is 269 g/mol. The summed E-state index contributed by atoms with van der Waals surface area (Å²) in [5, 5.41) is 7.43. The van der Waals surface area contributed by atoms with Crippen molar-refractivity contribution in [2.45, 2.75) is 71.0 Å². The summed E-state index contributed by atoms with van der Waals surface area (Å²) in [4.78, 5) is 2.34. The average Bonchev–Trinajstić information content (AvgIpc) is 2.56. The normalized spacial score (nSPS) is 24.5. The molecule has 0 aromatic rings. The minimum absolute atomic E-state index is 0.608. The standard InChI is InChI=1S/C16H35N3/c1-13(2)16(19(4)5)12-18-14(3)11-15-9-7-6-8-10-17-15/h13-18H,6-12H2,1-5H3. The van der Waals surface area contributed by atoms with Crippen molar-refractivity contribution in [1.29, 1.82) is 0 Å². The maximum Gasteiger partial charge on any atom is 0.0237 e. The minimum atomic E-state index is 0.608. The lowest BCUT2D eigenvalue weighted by Gasteiger charge is -2.30. The Morgan fingerprint density at radius 2 is 1.89 bits per heavy atom. The van der Waals surface area contributed by atoms with Crippen molar-refractivity contribution in [3.8, 4) is 0 Å². The molecule has 1 aliphatic heterocycles. The van der Waals surface area contributed by atoms with E-state index >= 15 is 0 Å². The highest BCUT2D eigenvalue weighted by atomic mass is 15.1. The molecule has 114 valence electrons. The molecule has 0 radical (unpaired) electrons. The summed E-state index contributed by atoms with van der Waals surface area (Å²) in [6, 6.07) is 1.96. The lowest BCUT2D eigenvalue weighted by atomic mass is 10.0. The van der Waals surface area contributed by atoms with E-state index in [-0.39, 0.29) is 0 Å². The summed E-state index contributed by atoms with van der Waals surface area (Å²) in [6.07, 6.45) is 6.78. The third kappa shape index (κ3) is 6.73. The third-order valence-corrected chi connectivity index (χ3v) is 4.41. The van der Waals surface area contributed by atoms with Crippen molar-refractivity contribution in [2.75, 3.05) is 27.2 Å². The molecule has 1 aliphatic rings. The van der Waals surface area contributed by atoms with Crippen LogP contribution in [0.4, 0.5) is 0 Å². The Morgan fingerprint density at radius 1 is 1.16 bits per heavy atom. The van der Waals surface area contributed by atoms with E-state index in [1.807, 2.05) is 0 Å². The van der Waals surface area contributed by atoms with Gasteiger partial charge in [0, 0.05) is 24.7 Å². The van der Waals surface area contributed by atoms with Gasteiger partial charge in [0.15, 0.2) is 0 Å². The topological polar surface area (TPSA) is 27.3 Å². The van der Waals surface area contributed by atoms with Crippen LogP contribution >= 0.6 is 0 Å². The van der Waals surface area contributed by atoms with Crippen molar-refractivity contribution in [2.24, 2.45) is 5.92 Å². The number of hydrogen-bond donors (Lipinski definition) is 2. The van der Waals surface area contributed by atoms with Crippen molar-refractivity contribution in [3.63, 3.8) is 0 Å². The number of likely N-dealkylation sites (N-methyl/N-ethyl adjacent to an activating group) is 1. The Morgan fingerprint density at radius 3 is 2.53 bits per heavy atom. The number of rotatable bonds is 7. The van der Waals surface area contributed by atoms with Gasteiger partial charge in [-0.05, 0) is 52.7 Å². The van der Waals surface area contributed by atoms with E-state index in [4.69, 9.17) is 0 Å². The molecular formula is C16H35N3. The largest absolute Gasteiger partial charge is 0.314 e. The summed E-state index contributed by atoms with van der Waals surface area (Å²) >= 11 is 0. The molecule has 19 heavy (non-hydrogen) atoms. The van der Waals surface area contributed by atoms with E-state index in [0.717, 1.165) is 12.6 Å². The van der Waals surface area contributed by atoms with E-state index in [1.54, 1.807) is 0 Å². The van der Waals surface area contributed by atoms with Crippen LogP contribution in [0.2, 0.25) is 0 Å². The summed E-state index contributed by atoms with van der Waals surface area (Å²) in [5.74, 6) is 0.700. The molecule has 3 nitrogen and oxygen atoms in total. The fourth-order valence-electron chi connectivity index (χ4n) is 3.15. The van der Waals surface area contributed by atoms with Crippen molar-refractivity contribution in [3.05, 3.63) is 0 Å². The molecular weight excluding hydrogens is 234 g/mol. The van der Waals surface area contributed by atoms with Crippen LogP contribution in [0.5, 0.6) is 0 Å². The monoisotopic (exact) mass is 269 g/mol. The molecule has 1 rings (SSSR count). The molecule has 0 amide bonds. The summed E-state index contributed by atoms with van der Waals surface area (Å²) < 4.78 is 0. The first-order chi connectivity index (χ1) is 9.00. The molecule has 0 aromatic carbocycles. The number of nitrogens with one attached hydrogen (secondary N) is 2. The predicted molar refractivity (Wildman–Crippen MR) is 84.7 cm³/mol. The van der Waals surface area contributed by atoms with Crippen LogP contribution in [0.25, 0.3) is 0 Å². The van der Waals surface area contributed by atoms with Gasteiger partial charge in [-0.3, -0.25) is 0 Å². The maximum absolute atomic E-state index is 3.73. The van der Waals surface area contributed by atoms with Crippen LogP contribution in [0, 0.1) is 5.92 Å². The second kappa shape index (κ2) is 8.93. The van der Waals surface area contributed by atoms with Crippen LogP contribution < -0.4 is 10.6 Å². The molecule has 1 heterocycles. The van der Waals surface area contributed by atoms with Crippen LogP contribution in [0.1, 0.15) is 52.9 Å². The van der Waals surface area contributed by atoms with Gasteiger partial charge in [-0.15, -0.1) is 0 Å². The van der Waals surface area contributed by atoms with Gasteiger partial charge in [0.2, 0.25) is 0 Å². The molecule has 0 bridgehead atoms. The molecule has 0 spiro atoms. The quantitative estimate of drug-likeness (QED) is 0.743. The number of hydrogen-bond acceptors (Lipinski definition) is 3. The van der Waals surface area contributed by atoms with Gasteiger partial charge in [-0.1, -0.05) is 26.7 Å². The second-order valence-electron chi connectivity index (χ2n) is 6.82. The predicted octanol–water partition coefficient (Wildman–Crippen LogP) is 2.47. The van der Waals surface area contributed by atoms with E-state index in [9.17, 15) is 0 Å². The lowest BCUT2D eigenvalue weighted by Crippen LogP contribution is -2.45. The van der Waals surface area contributed by atoms with Gasteiger partial charge in [-0.25, -0.2) is 0 Å². The first-order valence-corrected chi connectivity index (χ1v) is 8.14. The van der Waals surface area contributed by atoms with E-state index in [2.05, 4.69) is 50.4 Å². The van der Waals surface area contributed by atoms with Gasteiger partial charge in [0.1, 0.15) is 0 Å². The number of nitrogens with zero attached hydrogens (tertiary/aromatic N) is 1. The SMILES string of the molecule is CC(CC1CCCCCN1)NCC(C(C)C)N(C)C. The molecule has 1 fully saturated rings. The van der Waals surface area contributed by atoms with Crippen LogP contribution in [-0.4, -0.2) is 50.2 Å². The molecule has 3 unspecified atom stereocenters. The van der Waals surface area contributed by atoms with Gasteiger partial charge >= 0.3 is 0 Å². The van der Waals surface area contributed by atoms with Gasteiger partial charge in [0.25, 0.3) is 0 Å². The Kier molecular flexibility index (Phi) is 7.96. The molecule has 0 saturated carbocycles. The zero-order chi connectivity index (χ0) is 14.3. The third-order valence-electron chi connectivity index (χ3n) is 4.41. The van der Waals surface area contributed by atoms with Crippen LogP contribution in [0.15, 0.2) is 0 Å². The Labute approximate surface area is 120 Å². The molecule has 3 atom stereocenters. The van der Waals surface area contributed by atoms with E-state index < -0.39 is 0 Å². The Balaban J connectivity index is 2.27. The summed E-state index contributed by atoms with van der Waals surface area (Å²) in [7, 11) is 4.37.